The summed E-state index contributed by atoms with van der Waals surface area (Å²) in [6.45, 7) is 10.6. The predicted octanol–water partition coefficient (Wildman–Crippen LogP) is 14.2. The Bertz CT molecular complexity index is 3200. The molecule has 0 bridgehead atoms. The minimum atomic E-state index is 0.685. The highest BCUT2D eigenvalue weighted by Crippen LogP contribution is 2.45. The van der Waals surface area contributed by atoms with Crippen LogP contribution >= 0.6 is 0 Å². The van der Waals surface area contributed by atoms with Gasteiger partial charge in [0.25, 0.3) is 0 Å². The largest absolute Gasteiger partial charge is 0.264 e. The van der Waals surface area contributed by atoms with E-state index in [1.807, 2.05) is 67.0 Å². The molecule has 0 fully saturated rings. The second-order valence-electron chi connectivity index (χ2n) is 15.6. The number of pyridine rings is 3. The zero-order valence-electron chi connectivity index (χ0n) is 34.5. The molecule has 0 spiro atoms. The van der Waals surface area contributed by atoms with Crippen molar-refractivity contribution < 1.29 is 0 Å². The first-order valence-electron chi connectivity index (χ1n) is 20.9. The standard InChI is InChI=1S/C56H43N5/c1-5-7-17-37(6-2)54-52-35(3)50-44-23-14-15-24-46(44)58-55(43-22-16-31-57-34-43)53(50)36(4)51(52)45-30-29-42(32-49(45)59-54)38-25-27-41(28-26-38)56-60-47(39-18-10-8-11-19-39)33-48(61-56)40-20-12-9-13-21-40/h5-14,16-23,25-34H,1,15,24H2,2-4H3/b17-7-,37-6+. The molecule has 1 aliphatic carbocycles. The normalized spacial score (nSPS) is 12.7. The van der Waals surface area contributed by atoms with Crippen LogP contribution in [0, 0.1) is 13.8 Å². The first kappa shape index (κ1) is 37.6. The maximum Gasteiger partial charge on any atom is 0.160 e. The molecule has 61 heavy (non-hydrogen) atoms. The number of benzene rings is 5. The number of aromatic nitrogens is 5. The molecule has 5 aromatic carbocycles. The van der Waals surface area contributed by atoms with Crippen molar-refractivity contribution in [1.29, 1.82) is 0 Å². The van der Waals surface area contributed by atoms with E-state index in [0.717, 1.165) is 96.6 Å². The number of hydrogen-bond donors (Lipinski definition) is 0. The summed E-state index contributed by atoms with van der Waals surface area (Å²) in [5.41, 5.74) is 16.6. The molecule has 0 radical (unpaired) electrons. The van der Waals surface area contributed by atoms with Gasteiger partial charge in [-0.1, -0.05) is 140 Å². The van der Waals surface area contributed by atoms with Gasteiger partial charge < -0.3 is 0 Å². The molecule has 4 aromatic heterocycles. The second kappa shape index (κ2) is 15.9. The lowest BCUT2D eigenvalue weighted by atomic mass is 9.84. The van der Waals surface area contributed by atoms with Crippen molar-refractivity contribution in [2.24, 2.45) is 0 Å². The minimum Gasteiger partial charge on any atom is -0.264 e. The van der Waals surface area contributed by atoms with Crippen LogP contribution < -0.4 is 0 Å². The molecule has 292 valence electrons. The van der Waals surface area contributed by atoms with E-state index >= 15 is 0 Å². The molecular formula is C56H43N5. The highest BCUT2D eigenvalue weighted by atomic mass is 14.9. The van der Waals surface area contributed by atoms with Crippen molar-refractivity contribution in [2.75, 3.05) is 0 Å². The number of allylic oxidation sites excluding steroid dienone is 6. The van der Waals surface area contributed by atoms with Crippen LogP contribution in [0.15, 0.2) is 171 Å². The summed E-state index contributed by atoms with van der Waals surface area (Å²) in [6.07, 6.45) is 18.3. The van der Waals surface area contributed by atoms with E-state index in [1.165, 1.54) is 32.8 Å². The van der Waals surface area contributed by atoms with Crippen molar-refractivity contribution >= 4 is 44.1 Å². The van der Waals surface area contributed by atoms with Crippen LogP contribution in [-0.4, -0.2) is 24.9 Å². The minimum absolute atomic E-state index is 0.685. The Labute approximate surface area is 356 Å². The fraction of sp³-hybridized carbons (Fsp3) is 0.0893. The van der Waals surface area contributed by atoms with E-state index < -0.39 is 0 Å². The average molecular weight is 786 g/mol. The molecule has 9 aromatic rings. The Kier molecular flexibility index (Phi) is 9.78. The number of fused-ring (bicyclic) bond motifs is 6. The quantitative estimate of drug-likeness (QED) is 0.0872. The van der Waals surface area contributed by atoms with Crippen molar-refractivity contribution in [1.82, 2.24) is 24.9 Å². The summed E-state index contributed by atoms with van der Waals surface area (Å²) in [5, 5.41) is 5.86. The van der Waals surface area contributed by atoms with E-state index in [-0.39, 0.29) is 0 Å². The summed E-state index contributed by atoms with van der Waals surface area (Å²) in [5.74, 6) is 0.685. The lowest BCUT2D eigenvalue weighted by Crippen LogP contribution is -2.06. The molecule has 4 heterocycles. The lowest BCUT2D eigenvalue weighted by Gasteiger charge is -2.23. The Morgan fingerprint density at radius 2 is 1.30 bits per heavy atom. The lowest BCUT2D eigenvalue weighted by molar-refractivity contribution is 0.935. The van der Waals surface area contributed by atoms with Gasteiger partial charge >= 0.3 is 0 Å². The second-order valence-corrected chi connectivity index (χ2v) is 15.6. The molecule has 0 atom stereocenters. The first-order chi connectivity index (χ1) is 30.0. The fourth-order valence-corrected chi connectivity index (χ4v) is 8.95. The van der Waals surface area contributed by atoms with Crippen molar-refractivity contribution in [2.45, 2.75) is 33.6 Å². The fourth-order valence-electron chi connectivity index (χ4n) is 8.95. The number of hydrogen-bond acceptors (Lipinski definition) is 5. The zero-order chi connectivity index (χ0) is 41.5. The average Bonchev–Trinajstić information content (AvgIpc) is 3.33. The number of nitrogens with zero attached hydrogens (tertiary/aromatic N) is 5. The van der Waals surface area contributed by atoms with Crippen LogP contribution in [0.2, 0.25) is 0 Å². The third-order valence-corrected chi connectivity index (χ3v) is 11.9. The topological polar surface area (TPSA) is 64.5 Å². The SMILES string of the molecule is C=C/C=C\C(=C/C)c1nc2cc(-c3ccc(-c4nc(-c5ccccc5)cc(-c5ccccc5)n4)cc3)ccc2c2c(C)c3c(-c4cccnc4)nc4c(c3c(C)c12)C=CCC4. The van der Waals surface area contributed by atoms with Gasteiger partial charge in [0, 0.05) is 62.1 Å². The highest BCUT2D eigenvalue weighted by molar-refractivity contribution is 6.21. The molecule has 0 unspecified atom stereocenters. The zero-order valence-corrected chi connectivity index (χ0v) is 34.5. The van der Waals surface area contributed by atoms with Gasteiger partial charge in [0.1, 0.15) is 0 Å². The van der Waals surface area contributed by atoms with Gasteiger partial charge in [0.05, 0.1) is 28.3 Å². The van der Waals surface area contributed by atoms with Gasteiger partial charge in [-0.25, -0.2) is 15.0 Å². The first-order valence-corrected chi connectivity index (χ1v) is 20.9. The molecule has 0 amide bonds. The molecule has 1 aliphatic rings. The van der Waals surface area contributed by atoms with Gasteiger partial charge in [0.15, 0.2) is 5.82 Å². The van der Waals surface area contributed by atoms with E-state index in [4.69, 9.17) is 19.9 Å². The molecule has 5 nitrogen and oxygen atoms in total. The highest BCUT2D eigenvalue weighted by Gasteiger charge is 2.25. The summed E-state index contributed by atoms with van der Waals surface area (Å²) in [6, 6.07) is 42.0. The van der Waals surface area contributed by atoms with Gasteiger partial charge in [-0.15, -0.1) is 0 Å². The van der Waals surface area contributed by atoms with Crippen LogP contribution in [0.25, 0.3) is 100 Å². The molecule has 0 aliphatic heterocycles. The summed E-state index contributed by atoms with van der Waals surface area (Å²) in [4.78, 5) is 25.6. The van der Waals surface area contributed by atoms with Crippen LogP contribution in [0.4, 0.5) is 0 Å². The summed E-state index contributed by atoms with van der Waals surface area (Å²) in [7, 11) is 0. The molecule has 0 saturated heterocycles. The molecule has 0 saturated carbocycles. The number of rotatable bonds is 8. The predicted molar refractivity (Wildman–Crippen MR) is 255 cm³/mol. The molecule has 10 rings (SSSR count). The van der Waals surface area contributed by atoms with Crippen molar-refractivity contribution in [3.63, 3.8) is 0 Å². The van der Waals surface area contributed by atoms with Gasteiger partial charge in [-0.3, -0.25) is 9.97 Å². The van der Waals surface area contributed by atoms with Crippen LogP contribution in [-0.2, 0) is 6.42 Å². The van der Waals surface area contributed by atoms with E-state index in [1.54, 1.807) is 0 Å². The maximum absolute atomic E-state index is 5.54. The third-order valence-electron chi connectivity index (χ3n) is 11.9. The van der Waals surface area contributed by atoms with E-state index in [9.17, 15) is 0 Å². The van der Waals surface area contributed by atoms with Crippen molar-refractivity contribution in [3.8, 4) is 56.3 Å². The maximum atomic E-state index is 5.54. The summed E-state index contributed by atoms with van der Waals surface area (Å²) >= 11 is 0. The van der Waals surface area contributed by atoms with E-state index in [2.05, 4.69) is 136 Å². The smallest absolute Gasteiger partial charge is 0.160 e. The van der Waals surface area contributed by atoms with Gasteiger partial charge in [0.2, 0.25) is 0 Å². The van der Waals surface area contributed by atoms with Crippen LogP contribution in [0.1, 0.15) is 41.4 Å². The van der Waals surface area contributed by atoms with Gasteiger partial charge in [-0.2, -0.15) is 0 Å². The van der Waals surface area contributed by atoms with Crippen LogP contribution in [0.3, 0.4) is 0 Å². The van der Waals surface area contributed by atoms with Crippen molar-refractivity contribution in [3.05, 3.63) is 199 Å². The van der Waals surface area contributed by atoms with Gasteiger partial charge in [-0.05, 0) is 96.5 Å². The number of aryl methyl sites for hydroxylation is 3. The molecule has 5 heteroatoms. The Balaban J connectivity index is 1.16. The monoisotopic (exact) mass is 785 g/mol. The third kappa shape index (κ3) is 6.74. The van der Waals surface area contributed by atoms with Crippen LogP contribution in [0.5, 0.6) is 0 Å². The Hall–Kier alpha value is -7.63. The van der Waals surface area contributed by atoms with E-state index in [0.29, 0.717) is 5.82 Å². The summed E-state index contributed by atoms with van der Waals surface area (Å²) < 4.78 is 0. The Morgan fingerprint density at radius 1 is 0.623 bits per heavy atom. The Morgan fingerprint density at radius 3 is 1.97 bits per heavy atom. The molecular weight excluding hydrogens is 743 g/mol. The molecule has 0 N–H and O–H groups in total.